The van der Waals surface area contributed by atoms with Gasteiger partial charge in [0, 0.05) is 5.41 Å². The molecule has 3 aliphatic rings. The van der Waals surface area contributed by atoms with E-state index < -0.39 is 8.32 Å². The summed E-state index contributed by atoms with van der Waals surface area (Å²) in [6, 6.07) is 0. The number of aliphatic hydroxyl groups excluding tert-OH is 1. The predicted molar refractivity (Wildman–Crippen MR) is 105 cm³/mol. The average molecular weight is 369 g/mol. The number of ether oxygens (including phenoxy) is 1. The van der Waals surface area contributed by atoms with Gasteiger partial charge >= 0.3 is 0 Å². The molecule has 0 unspecified atom stereocenters. The maximum atomic E-state index is 10.5. The van der Waals surface area contributed by atoms with E-state index >= 15 is 0 Å². The SMILES string of the molecule is CC1(C)CCC[C@@]2(C)[C@H]1CC[C@]1(CO[Si](C)(C)C(C)(C)C)O[C@@]12CO. The van der Waals surface area contributed by atoms with Crippen molar-refractivity contribution in [3.63, 3.8) is 0 Å². The monoisotopic (exact) mass is 368 g/mol. The first-order chi connectivity index (χ1) is 11.3. The van der Waals surface area contributed by atoms with Gasteiger partial charge in [0.15, 0.2) is 8.32 Å². The second-order valence-corrected chi connectivity index (χ2v) is 16.3. The topological polar surface area (TPSA) is 42.0 Å². The lowest BCUT2D eigenvalue weighted by Crippen LogP contribution is -2.59. The third kappa shape index (κ3) is 2.61. The molecule has 25 heavy (non-hydrogen) atoms. The van der Waals surface area contributed by atoms with Gasteiger partial charge in [0.2, 0.25) is 0 Å². The van der Waals surface area contributed by atoms with E-state index in [-0.39, 0.29) is 28.3 Å². The Balaban J connectivity index is 1.85. The Labute approximate surface area is 156 Å². The molecular weight excluding hydrogens is 328 g/mol. The van der Waals surface area contributed by atoms with Gasteiger partial charge in [-0.3, -0.25) is 0 Å². The zero-order valence-corrected chi connectivity index (χ0v) is 18.8. The number of fused-ring (bicyclic) bond motifs is 3. The molecule has 2 aliphatic carbocycles. The highest BCUT2D eigenvalue weighted by molar-refractivity contribution is 6.74. The number of rotatable bonds is 4. The minimum absolute atomic E-state index is 0.0680. The summed E-state index contributed by atoms with van der Waals surface area (Å²) in [4.78, 5) is 0. The summed E-state index contributed by atoms with van der Waals surface area (Å²) in [5, 5.41) is 10.7. The van der Waals surface area contributed by atoms with Crippen molar-refractivity contribution in [2.75, 3.05) is 13.2 Å². The zero-order valence-electron chi connectivity index (χ0n) is 17.8. The largest absolute Gasteiger partial charge is 0.414 e. The Hall–Kier alpha value is 0.0969. The molecule has 3 fully saturated rings. The van der Waals surface area contributed by atoms with Crippen molar-refractivity contribution in [2.24, 2.45) is 16.7 Å². The molecule has 1 N–H and O–H groups in total. The highest BCUT2D eigenvalue weighted by Gasteiger charge is 2.81. The molecule has 1 aliphatic heterocycles. The second-order valence-electron chi connectivity index (χ2n) is 11.5. The standard InChI is InChI=1S/C21H40O3Si/c1-17(2,3)25(7,8)23-15-20-13-10-16-18(4,5)11-9-12-19(16,6)21(20,14-22)24-20/h16,22H,9-15H2,1-8H3/t16-,19-,20+,21+/m0/s1. The Morgan fingerprint density at radius 2 is 1.76 bits per heavy atom. The summed E-state index contributed by atoms with van der Waals surface area (Å²) < 4.78 is 13.1. The predicted octanol–water partition coefficient (Wildman–Crippen LogP) is 5.13. The fourth-order valence-corrected chi connectivity index (χ4v) is 7.01. The third-order valence-electron chi connectivity index (χ3n) is 8.75. The summed E-state index contributed by atoms with van der Waals surface area (Å²) in [5.41, 5.74) is -0.231. The van der Waals surface area contributed by atoms with Gasteiger partial charge in [0.05, 0.1) is 13.2 Å². The number of epoxide rings is 1. The van der Waals surface area contributed by atoms with Gasteiger partial charge in [-0.15, -0.1) is 0 Å². The molecule has 1 heterocycles. The Kier molecular flexibility index (Phi) is 4.41. The Morgan fingerprint density at radius 1 is 1.12 bits per heavy atom. The van der Waals surface area contributed by atoms with E-state index in [4.69, 9.17) is 9.16 Å². The van der Waals surface area contributed by atoms with Crippen LogP contribution >= 0.6 is 0 Å². The molecule has 3 rings (SSSR count). The van der Waals surface area contributed by atoms with Crippen LogP contribution in [0.2, 0.25) is 18.1 Å². The van der Waals surface area contributed by atoms with E-state index in [1.807, 2.05) is 0 Å². The first kappa shape index (κ1) is 19.8. The van der Waals surface area contributed by atoms with Gasteiger partial charge in [0.25, 0.3) is 0 Å². The summed E-state index contributed by atoms with van der Waals surface area (Å²) in [6.45, 7) is 19.5. The van der Waals surface area contributed by atoms with Gasteiger partial charge in [0.1, 0.15) is 11.2 Å². The van der Waals surface area contributed by atoms with Crippen LogP contribution in [0.5, 0.6) is 0 Å². The molecule has 0 amide bonds. The van der Waals surface area contributed by atoms with E-state index in [1.54, 1.807) is 0 Å². The third-order valence-corrected chi connectivity index (χ3v) is 13.2. The second kappa shape index (κ2) is 5.56. The smallest absolute Gasteiger partial charge is 0.192 e. The van der Waals surface area contributed by atoms with Crippen molar-refractivity contribution in [1.82, 2.24) is 0 Å². The number of aliphatic hydroxyl groups is 1. The maximum absolute atomic E-state index is 10.5. The van der Waals surface area contributed by atoms with Crippen LogP contribution in [0.3, 0.4) is 0 Å². The zero-order chi connectivity index (χ0) is 18.9. The van der Waals surface area contributed by atoms with Crippen LogP contribution in [0.15, 0.2) is 0 Å². The number of hydrogen-bond acceptors (Lipinski definition) is 3. The van der Waals surface area contributed by atoms with Gasteiger partial charge in [-0.1, -0.05) is 48.0 Å². The molecule has 2 saturated carbocycles. The minimum atomic E-state index is -1.81. The van der Waals surface area contributed by atoms with Crippen LogP contribution in [-0.2, 0) is 9.16 Å². The van der Waals surface area contributed by atoms with Crippen molar-refractivity contribution < 1.29 is 14.3 Å². The van der Waals surface area contributed by atoms with Gasteiger partial charge in [-0.2, -0.15) is 0 Å². The van der Waals surface area contributed by atoms with Gasteiger partial charge in [-0.25, -0.2) is 0 Å². The molecular formula is C21H40O3Si. The molecule has 0 aromatic carbocycles. The Bertz CT molecular complexity index is 538. The molecule has 0 spiro atoms. The van der Waals surface area contributed by atoms with Crippen LogP contribution in [0.4, 0.5) is 0 Å². The lowest BCUT2D eigenvalue weighted by atomic mass is 9.46. The van der Waals surface area contributed by atoms with E-state index in [0.29, 0.717) is 17.9 Å². The fourth-order valence-electron chi connectivity index (χ4n) is 5.98. The Morgan fingerprint density at radius 3 is 2.32 bits per heavy atom. The summed E-state index contributed by atoms with van der Waals surface area (Å²) >= 11 is 0. The van der Waals surface area contributed by atoms with E-state index in [0.717, 1.165) is 6.42 Å². The lowest BCUT2D eigenvalue weighted by Gasteiger charge is -2.56. The molecule has 3 nitrogen and oxygen atoms in total. The molecule has 1 saturated heterocycles. The van der Waals surface area contributed by atoms with E-state index in [9.17, 15) is 5.11 Å². The summed E-state index contributed by atoms with van der Waals surface area (Å²) in [7, 11) is -1.81. The number of hydrogen-bond donors (Lipinski definition) is 1. The quantitative estimate of drug-likeness (QED) is 0.552. The molecule has 146 valence electrons. The van der Waals surface area contributed by atoms with Crippen molar-refractivity contribution in [2.45, 2.75) is 103 Å². The summed E-state index contributed by atoms with van der Waals surface area (Å²) in [6.07, 6.45) is 5.94. The highest BCUT2D eigenvalue weighted by Crippen LogP contribution is 2.73. The first-order valence-electron chi connectivity index (χ1n) is 10.2. The molecule has 4 heteroatoms. The highest BCUT2D eigenvalue weighted by atomic mass is 28.4. The van der Waals surface area contributed by atoms with Gasteiger partial charge < -0.3 is 14.3 Å². The summed E-state index contributed by atoms with van der Waals surface area (Å²) in [5.74, 6) is 0.629. The maximum Gasteiger partial charge on any atom is 0.192 e. The van der Waals surface area contributed by atoms with Crippen molar-refractivity contribution in [3.8, 4) is 0 Å². The van der Waals surface area contributed by atoms with Crippen LogP contribution in [0, 0.1) is 16.7 Å². The van der Waals surface area contributed by atoms with Gasteiger partial charge in [-0.05, 0) is 55.1 Å². The van der Waals surface area contributed by atoms with Crippen LogP contribution < -0.4 is 0 Å². The molecule has 0 radical (unpaired) electrons. The van der Waals surface area contributed by atoms with E-state index in [2.05, 4.69) is 54.6 Å². The average Bonchev–Trinajstić information content (AvgIpc) is 3.15. The van der Waals surface area contributed by atoms with E-state index in [1.165, 1.54) is 25.7 Å². The van der Waals surface area contributed by atoms with Crippen LogP contribution in [0.1, 0.15) is 73.6 Å². The van der Waals surface area contributed by atoms with Crippen LogP contribution in [-0.4, -0.2) is 37.8 Å². The van der Waals surface area contributed by atoms with Crippen LogP contribution in [0.25, 0.3) is 0 Å². The van der Waals surface area contributed by atoms with Crippen molar-refractivity contribution in [3.05, 3.63) is 0 Å². The molecule has 0 aromatic rings. The first-order valence-corrected chi connectivity index (χ1v) is 13.1. The normalized spacial score (nSPS) is 43.3. The molecule has 0 bridgehead atoms. The van der Waals surface area contributed by atoms with Crippen molar-refractivity contribution in [1.29, 1.82) is 0 Å². The fraction of sp³-hybridized carbons (Fsp3) is 1.00. The molecule has 4 atom stereocenters. The van der Waals surface area contributed by atoms with Crippen molar-refractivity contribution >= 4 is 8.32 Å². The minimum Gasteiger partial charge on any atom is -0.414 e. The lowest BCUT2D eigenvalue weighted by molar-refractivity contribution is -0.0873. The molecule has 0 aromatic heterocycles.